The van der Waals surface area contributed by atoms with Gasteiger partial charge in [-0.1, -0.05) is 89.7 Å². The SMILES string of the molecule is COc1ccc([C@H]2C(C(=O)Nc3ccccc3)=C(C)N=c3s/c(=C/c4c(C)n(Cc5ccccc5Cl)c5ccccc45)c(=O)n32)cc1. The van der Waals surface area contributed by atoms with Gasteiger partial charge in [-0.15, -0.1) is 0 Å². The molecule has 0 fully saturated rings. The zero-order chi connectivity index (χ0) is 32.7. The van der Waals surface area contributed by atoms with Crippen molar-refractivity contribution in [2.24, 2.45) is 4.99 Å². The number of carbonyl (C=O) groups excluding carboxylic acids is 1. The molecular formula is C38H31ClN4O3S. The maximum Gasteiger partial charge on any atom is 0.271 e. The highest BCUT2D eigenvalue weighted by Gasteiger charge is 2.32. The second-order valence-corrected chi connectivity index (χ2v) is 12.8. The third-order valence-corrected chi connectivity index (χ3v) is 9.92. The number of para-hydroxylation sites is 2. The Balaban J connectivity index is 1.39. The number of nitrogens with zero attached hydrogens (tertiary/aromatic N) is 3. The van der Waals surface area contributed by atoms with Gasteiger partial charge in [0.1, 0.15) is 5.75 Å². The number of thiazole rings is 1. The monoisotopic (exact) mass is 658 g/mol. The lowest BCUT2D eigenvalue weighted by Gasteiger charge is -2.25. The second kappa shape index (κ2) is 12.5. The second-order valence-electron chi connectivity index (χ2n) is 11.4. The molecule has 0 spiro atoms. The van der Waals surface area contributed by atoms with E-state index in [-0.39, 0.29) is 11.5 Å². The van der Waals surface area contributed by atoms with E-state index in [2.05, 4.69) is 28.9 Å². The first-order chi connectivity index (χ1) is 22.8. The van der Waals surface area contributed by atoms with E-state index in [4.69, 9.17) is 21.3 Å². The maximum atomic E-state index is 14.4. The van der Waals surface area contributed by atoms with Crippen LogP contribution in [0.3, 0.4) is 0 Å². The molecule has 2 aromatic heterocycles. The van der Waals surface area contributed by atoms with E-state index in [1.165, 1.54) is 11.3 Å². The number of benzene rings is 4. The van der Waals surface area contributed by atoms with Crippen LogP contribution in [0.1, 0.15) is 35.3 Å². The number of allylic oxidation sites excluding steroid dienone is 1. The summed E-state index contributed by atoms with van der Waals surface area (Å²) in [4.78, 5) is 33.7. The van der Waals surface area contributed by atoms with Crippen molar-refractivity contribution in [2.75, 3.05) is 12.4 Å². The van der Waals surface area contributed by atoms with Crippen molar-refractivity contribution in [1.82, 2.24) is 9.13 Å². The molecule has 7 rings (SSSR count). The van der Waals surface area contributed by atoms with Gasteiger partial charge in [0.2, 0.25) is 0 Å². The molecule has 7 nitrogen and oxygen atoms in total. The molecule has 1 amide bonds. The van der Waals surface area contributed by atoms with Crippen molar-refractivity contribution in [1.29, 1.82) is 0 Å². The van der Waals surface area contributed by atoms with E-state index >= 15 is 0 Å². The number of amides is 1. The molecule has 0 bridgehead atoms. The number of aromatic nitrogens is 2. The Hall–Kier alpha value is -5.18. The molecule has 1 aliphatic heterocycles. The number of ether oxygens (including phenoxy) is 1. The molecule has 47 heavy (non-hydrogen) atoms. The Morgan fingerprint density at radius 2 is 1.66 bits per heavy atom. The van der Waals surface area contributed by atoms with Crippen molar-refractivity contribution in [3.8, 4) is 5.75 Å². The van der Waals surface area contributed by atoms with Crippen molar-refractivity contribution >= 4 is 51.5 Å². The highest BCUT2D eigenvalue weighted by Crippen LogP contribution is 2.32. The summed E-state index contributed by atoms with van der Waals surface area (Å²) in [6.07, 6.45) is 1.96. The number of rotatable bonds is 7. The Morgan fingerprint density at radius 3 is 2.40 bits per heavy atom. The predicted octanol–water partition coefficient (Wildman–Crippen LogP) is 6.85. The first-order valence-electron chi connectivity index (χ1n) is 15.2. The summed E-state index contributed by atoms with van der Waals surface area (Å²) in [6, 6.07) is 32.1. The molecule has 0 saturated heterocycles. The van der Waals surface area contributed by atoms with Crippen LogP contribution in [0.25, 0.3) is 17.0 Å². The van der Waals surface area contributed by atoms with E-state index in [1.807, 2.05) is 104 Å². The molecule has 9 heteroatoms. The minimum absolute atomic E-state index is 0.214. The van der Waals surface area contributed by atoms with Crippen LogP contribution >= 0.6 is 22.9 Å². The van der Waals surface area contributed by atoms with Gasteiger partial charge in [-0.05, 0) is 67.4 Å². The number of anilines is 1. The fourth-order valence-corrected chi connectivity index (χ4v) is 7.43. The van der Waals surface area contributed by atoms with Gasteiger partial charge < -0.3 is 14.6 Å². The zero-order valence-electron chi connectivity index (χ0n) is 26.0. The van der Waals surface area contributed by atoms with Crippen LogP contribution in [-0.2, 0) is 11.3 Å². The molecule has 0 unspecified atom stereocenters. The van der Waals surface area contributed by atoms with Crippen LogP contribution in [0.15, 0.2) is 124 Å². The number of halogens is 1. The molecule has 3 heterocycles. The first-order valence-corrected chi connectivity index (χ1v) is 16.4. The number of nitrogens with one attached hydrogen (secondary N) is 1. The molecule has 0 radical (unpaired) electrons. The molecule has 0 saturated carbocycles. The summed E-state index contributed by atoms with van der Waals surface area (Å²) < 4.78 is 9.80. The maximum absolute atomic E-state index is 14.4. The minimum Gasteiger partial charge on any atom is -0.497 e. The molecule has 1 atom stereocenters. The summed E-state index contributed by atoms with van der Waals surface area (Å²) in [7, 11) is 1.61. The van der Waals surface area contributed by atoms with Gasteiger partial charge in [-0.2, -0.15) is 0 Å². The number of fused-ring (bicyclic) bond motifs is 2. The van der Waals surface area contributed by atoms with E-state index < -0.39 is 6.04 Å². The topological polar surface area (TPSA) is 77.6 Å². The Kier molecular flexibility index (Phi) is 8.14. The highest BCUT2D eigenvalue weighted by molar-refractivity contribution is 7.07. The van der Waals surface area contributed by atoms with Crippen LogP contribution in [0, 0.1) is 6.92 Å². The van der Waals surface area contributed by atoms with E-state index in [0.29, 0.717) is 43.6 Å². The summed E-state index contributed by atoms with van der Waals surface area (Å²) in [5, 5.41) is 4.75. The lowest BCUT2D eigenvalue weighted by molar-refractivity contribution is -0.113. The van der Waals surface area contributed by atoms with Gasteiger partial charge in [0.15, 0.2) is 4.80 Å². The van der Waals surface area contributed by atoms with Crippen molar-refractivity contribution in [3.05, 3.63) is 161 Å². The Labute approximate surface area is 280 Å². The number of hydrogen-bond donors (Lipinski definition) is 1. The normalized spacial score (nSPS) is 14.6. The summed E-state index contributed by atoms with van der Waals surface area (Å²) >= 11 is 7.88. The van der Waals surface area contributed by atoms with Crippen LogP contribution in [-0.4, -0.2) is 22.2 Å². The van der Waals surface area contributed by atoms with Crippen molar-refractivity contribution < 1.29 is 9.53 Å². The van der Waals surface area contributed by atoms with Gasteiger partial charge in [0, 0.05) is 39.4 Å². The number of methoxy groups -OCH3 is 1. The van der Waals surface area contributed by atoms with Gasteiger partial charge in [0.25, 0.3) is 11.5 Å². The van der Waals surface area contributed by atoms with Crippen LogP contribution in [0.5, 0.6) is 5.75 Å². The van der Waals surface area contributed by atoms with Crippen LogP contribution in [0.4, 0.5) is 5.69 Å². The standard InChI is InChI=1S/C38H31ClN4O3S/c1-23-34(36(44)41-27-12-5-4-6-13-27)35(25-17-19-28(46-3)20-18-25)43-37(45)33(47-38(43)40-23)21-30-24(2)42(32-16-10-8-14-29(30)32)22-26-11-7-9-15-31(26)39/h4-21,35H,22H2,1-3H3,(H,41,44)/b33-21+/t35-/m0/s1. The van der Waals surface area contributed by atoms with Gasteiger partial charge in [0.05, 0.1) is 29.0 Å². The molecule has 0 aliphatic carbocycles. The zero-order valence-corrected chi connectivity index (χ0v) is 27.6. The molecule has 1 N–H and O–H groups in total. The average molecular weight is 659 g/mol. The third-order valence-electron chi connectivity index (χ3n) is 8.57. The van der Waals surface area contributed by atoms with E-state index in [9.17, 15) is 9.59 Å². The highest BCUT2D eigenvalue weighted by atomic mass is 35.5. The quantitative estimate of drug-likeness (QED) is 0.204. The third kappa shape index (κ3) is 5.60. The van der Waals surface area contributed by atoms with Crippen molar-refractivity contribution in [3.63, 3.8) is 0 Å². The lowest BCUT2D eigenvalue weighted by Crippen LogP contribution is -2.40. The lowest BCUT2D eigenvalue weighted by atomic mass is 9.95. The minimum atomic E-state index is -0.689. The molecular weight excluding hydrogens is 628 g/mol. The number of hydrogen-bond acceptors (Lipinski definition) is 5. The van der Waals surface area contributed by atoms with Crippen LogP contribution in [0.2, 0.25) is 5.02 Å². The Morgan fingerprint density at radius 1 is 0.957 bits per heavy atom. The summed E-state index contributed by atoms with van der Waals surface area (Å²) in [5.41, 5.74) is 6.22. The van der Waals surface area contributed by atoms with E-state index in [1.54, 1.807) is 11.7 Å². The van der Waals surface area contributed by atoms with Crippen molar-refractivity contribution in [2.45, 2.75) is 26.4 Å². The molecule has 1 aliphatic rings. The summed E-state index contributed by atoms with van der Waals surface area (Å²) in [5.74, 6) is 0.367. The molecule has 6 aromatic rings. The smallest absolute Gasteiger partial charge is 0.271 e. The fourth-order valence-electron chi connectivity index (χ4n) is 6.21. The largest absolute Gasteiger partial charge is 0.497 e. The predicted molar refractivity (Wildman–Crippen MR) is 189 cm³/mol. The first kappa shape index (κ1) is 30.5. The van der Waals surface area contributed by atoms with E-state index in [0.717, 1.165) is 33.3 Å². The molecule has 4 aromatic carbocycles. The fraction of sp³-hybridized carbons (Fsp3) is 0.132. The van der Waals surface area contributed by atoms with Gasteiger partial charge >= 0.3 is 0 Å². The molecule has 234 valence electrons. The van der Waals surface area contributed by atoms with Gasteiger partial charge in [-0.3, -0.25) is 14.2 Å². The number of carbonyl (C=O) groups is 1. The summed E-state index contributed by atoms with van der Waals surface area (Å²) in [6.45, 7) is 4.48. The van der Waals surface area contributed by atoms with Crippen LogP contribution < -0.4 is 24.9 Å². The van der Waals surface area contributed by atoms with Gasteiger partial charge in [-0.25, -0.2) is 4.99 Å². The average Bonchev–Trinajstić information content (AvgIpc) is 3.53. The Bertz CT molecular complexity index is 2370.